The molecule has 164 valence electrons. The Labute approximate surface area is 184 Å². The lowest BCUT2D eigenvalue weighted by atomic mass is 10.2. The molecule has 0 atom stereocenters. The van der Waals surface area contributed by atoms with Crippen LogP contribution in [-0.4, -0.2) is 36.2 Å². The van der Waals surface area contributed by atoms with Crippen molar-refractivity contribution in [2.75, 3.05) is 23.7 Å². The van der Waals surface area contributed by atoms with Crippen LogP contribution in [0.1, 0.15) is 12.0 Å². The number of anilines is 1. The van der Waals surface area contributed by atoms with Gasteiger partial charge in [-0.05, 0) is 61.0 Å². The molecule has 31 heavy (non-hydrogen) atoms. The Morgan fingerprint density at radius 3 is 2.10 bits per heavy atom. The third kappa shape index (κ3) is 5.86. The lowest BCUT2D eigenvalue weighted by Gasteiger charge is -2.24. The SMILES string of the molecule is Cc1cccc(S(=O)(=O)N(CCCOc2ccc(S(C)(=O)=O)cc2)c2ccccc2)c1. The molecule has 0 N–H and O–H groups in total. The van der Waals surface area contributed by atoms with Crippen LogP contribution in [0.2, 0.25) is 0 Å². The van der Waals surface area contributed by atoms with E-state index in [4.69, 9.17) is 4.74 Å². The van der Waals surface area contributed by atoms with Gasteiger partial charge in [0.1, 0.15) is 5.75 Å². The van der Waals surface area contributed by atoms with Crippen LogP contribution in [0.3, 0.4) is 0 Å². The summed E-state index contributed by atoms with van der Waals surface area (Å²) in [6, 6.07) is 22.0. The second kappa shape index (κ2) is 9.53. The largest absolute Gasteiger partial charge is 0.494 e. The molecule has 0 amide bonds. The highest BCUT2D eigenvalue weighted by Gasteiger charge is 2.24. The van der Waals surface area contributed by atoms with Gasteiger partial charge in [0.2, 0.25) is 0 Å². The smallest absolute Gasteiger partial charge is 0.264 e. The Morgan fingerprint density at radius 2 is 1.48 bits per heavy atom. The molecule has 6 nitrogen and oxygen atoms in total. The van der Waals surface area contributed by atoms with Crippen LogP contribution in [0.15, 0.2) is 88.7 Å². The molecule has 0 radical (unpaired) electrons. The molecule has 0 aromatic heterocycles. The molecular formula is C23H25NO5S2. The van der Waals surface area contributed by atoms with Crippen molar-refractivity contribution in [1.29, 1.82) is 0 Å². The molecule has 8 heteroatoms. The summed E-state index contributed by atoms with van der Waals surface area (Å²) in [5.41, 5.74) is 1.46. The van der Waals surface area contributed by atoms with Gasteiger partial charge in [0.05, 0.1) is 22.1 Å². The first kappa shape index (κ1) is 22.8. The normalized spacial score (nSPS) is 11.8. The average Bonchev–Trinajstić information content (AvgIpc) is 2.74. The first-order chi connectivity index (χ1) is 14.7. The topological polar surface area (TPSA) is 80.8 Å². The van der Waals surface area contributed by atoms with Crippen LogP contribution in [0.25, 0.3) is 0 Å². The van der Waals surface area contributed by atoms with E-state index in [-0.39, 0.29) is 22.9 Å². The quantitative estimate of drug-likeness (QED) is 0.451. The predicted octanol–water partition coefficient (Wildman–Crippen LogP) is 4.06. The van der Waals surface area contributed by atoms with Crippen molar-refractivity contribution < 1.29 is 21.6 Å². The summed E-state index contributed by atoms with van der Waals surface area (Å²) < 4.78 is 56.8. The monoisotopic (exact) mass is 459 g/mol. The number of rotatable bonds is 9. The van der Waals surface area contributed by atoms with E-state index in [1.165, 1.54) is 16.4 Å². The molecule has 0 heterocycles. The average molecular weight is 460 g/mol. The van der Waals surface area contributed by atoms with Gasteiger partial charge < -0.3 is 4.74 Å². The third-order valence-electron chi connectivity index (χ3n) is 4.65. The van der Waals surface area contributed by atoms with Crippen molar-refractivity contribution in [1.82, 2.24) is 0 Å². The van der Waals surface area contributed by atoms with E-state index >= 15 is 0 Å². The minimum Gasteiger partial charge on any atom is -0.494 e. The molecule has 3 rings (SSSR count). The van der Waals surface area contributed by atoms with Gasteiger partial charge >= 0.3 is 0 Å². The van der Waals surface area contributed by atoms with Gasteiger partial charge in [-0.15, -0.1) is 0 Å². The van der Waals surface area contributed by atoms with Crippen molar-refractivity contribution in [3.05, 3.63) is 84.4 Å². The molecule has 0 unspecified atom stereocenters. The summed E-state index contributed by atoms with van der Waals surface area (Å²) in [7, 11) is -6.99. The standard InChI is InChI=1S/C23H25NO5S2/c1-19-8-6-11-23(18-19)31(27,28)24(20-9-4-3-5-10-20)16-7-17-29-21-12-14-22(15-13-21)30(2,25)26/h3-6,8-15,18H,7,16-17H2,1-2H3. The number of aryl methyl sites for hydroxylation is 1. The van der Waals surface area contributed by atoms with Crippen LogP contribution in [0, 0.1) is 6.92 Å². The van der Waals surface area contributed by atoms with Crippen molar-refractivity contribution in [3.8, 4) is 5.75 Å². The fraction of sp³-hybridized carbons (Fsp3) is 0.217. The van der Waals surface area contributed by atoms with Gasteiger partial charge in [0, 0.05) is 19.2 Å². The van der Waals surface area contributed by atoms with Crippen LogP contribution >= 0.6 is 0 Å². The fourth-order valence-electron chi connectivity index (χ4n) is 3.07. The van der Waals surface area contributed by atoms with Gasteiger partial charge in [-0.2, -0.15) is 0 Å². The van der Waals surface area contributed by atoms with Crippen LogP contribution in [-0.2, 0) is 19.9 Å². The Bertz CT molecular complexity index is 1220. The summed E-state index contributed by atoms with van der Waals surface area (Å²) in [6.45, 7) is 2.38. The Hall–Kier alpha value is -2.84. The van der Waals surface area contributed by atoms with Crippen molar-refractivity contribution in [2.24, 2.45) is 0 Å². The number of para-hydroxylation sites is 1. The zero-order valence-corrected chi connectivity index (χ0v) is 19.1. The van der Waals surface area contributed by atoms with E-state index in [0.717, 1.165) is 11.8 Å². The van der Waals surface area contributed by atoms with E-state index in [0.29, 0.717) is 17.9 Å². The number of nitrogens with zero attached hydrogens (tertiary/aromatic N) is 1. The highest BCUT2D eigenvalue weighted by atomic mass is 32.2. The van der Waals surface area contributed by atoms with E-state index < -0.39 is 19.9 Å². The highest BCUT2D eigenvalue weighted by Crippen LogP contribution is 2.24. The van der Waals surface area contributed by atoms with Gasteiger partial charge in [0.15, 0.2) is 9.84 Å². The molecule has 0 saturated heterocycles. The number of hydrogen-bond acceptors (Lipinski definition) is 5. The van der Waals surface area contributed by atoms with Crippen molar-refractivity contribution in [3.63, 3.8) is 0 Å². The molecular weight excluding hydrogens is 434 g/mol. The molecule has 0 saturated carbocycles. The molecule has 3 aromatic rings. The van der Waals surface area contributed by atoms with E-state index in [9.17, 15) is 16.8 Å². The third-order valence-corrected chi connectivity index (χ3v) is 7.60. The molecule has 0 fully saturated rings. The van der Waals surface area contributed by atoms with Gasteiger partial charge in [-0.25, -0.2) is 16.8 Å². The first-order valence-electron chi connectivity index (χ1n) is 9.75. The van der Waals surface area contributed by atoms with E-state index in [1.807, 2.05) is 19.1 Å². The van der Waals surface area contributed by atoms with Gasteiger partial charge in [-0.1, -0.05) is 30.3 Å². The number of sulfonamides is 1. The zero-order valence-electron chi connectivity index (χ0n) is 17.4. The molecule has 0 spiro atoms. The predicted molar refractivity (Wildman–Crippen MR) is 122 cm³/mol. The van der Waals surface area contributed by atoms with E-state index in [2.05, 4.69) is 0 Å². The van der Waals surface area contributed by atoms with Crippen LogP contribution in [0.4, 0.5) is 5.69 Å². The maximum absolute atomic E-state index is 13.3. The minimum atomic E-state index is -3.73. The molecule has 0 bridgehead atoms. The summed E-state index contributed by atoms with van der Waals surface area (Å²) in [5, 5.41) is 0. The maximum atomic E-state index is 13.3. The summed E-state index contributed by atoms with van der Waals surface area (Å²) in [6.07, 6.45) is 1.60. The summed E-state index contributed by atoms with van der Waals surface area (Å²) in [5.74, 6) is 0.528. The minimum absolute atomic E-state index is 0.222. The first-order valence-corrected chi connectivity index (χ1v) is 13.1. The van der Waals surface area contributed by atoms with Gasteiger partial charge in [-0.3, -0.25) is 4.31 Å². The van der Waals surface area contributed by atoms with Crippen LogP contribution < -0.4 is 9.04 Å². The number of hydrogen-bond donors (Lipinski definition) is 0. The fourth-order valence-corrected chi connectivity index (χ4v) is 5.31. The number of ether oxygens (including phenoxy) is 1. The summed E-state index contributed by atoms with van der Waals surface area (Å²) >= 11 is 0. The van der Waals surface area contributed by atoms with Gasteiger partial charge in [0.25, 0.3) is 10.0 Å². The molecule has 0 aliphatic rings. The Balaban J connectivity index is 1.72. The number of sulfone groups is 1. The lowest BCUT2D eigenvalue weighted by Crippen LogP contribution is -2.32. The highest BCUT2D eigenvalue weighted by molar-refractivity contribution is 7.92. The maximum Gasteiger partial charge on any atom is 0.264 e. The zero-order chi connectivity index (χ0) is 22.5. The van der Waals surface area contributed by atoms with E-state index in [1.54, 1.807) is 54.6 Å². The Kier molecular flexibility index (Phi) is 7.02. The second-order valence-corrected chi connectivity index (χ2v) is 11.1. The summed E-state index contributed by atoms with van der Waals surface area (Å²) in [4.78, 5) is 0.466. The molecule has 3 aromatic carbocycles. The van der Waals surface area contributed by atoms with Crippen molar-refractivity contribution >= 4 is 25.5 Å². The molecule has 0 aliphatic heterocycles. The molecule has 0 aliphatic carbocycles. The lowest BCUT2D eigenvalue weighted by molar-refractivity contribution is 0.313. The Morgan fingerprint density at radius 1 is 0.806 bits per heavy atom. The second-order valence-electron chi connectivity index (χ2n) is 7.17. The van der Waals surface area contributed by atoms with Crippen molar-refractivity contribution in [2.45, 2.75) is 23.1 Å². The van der Waals surface area contributed by atoms with Crippen LogP contribution in [0.5, 0.6) is 5.75 Å². The number of benzene rings is 3.